The van der Waals surface area contributed by atoms with Crippen LogP contribution < -0.4 is 14.2 Å². The predicted octanol–water partition coefficient (Wildman–Crippen LogP) is 5.04. The van der Waals surface area contributed by atoms with Gasteiger partial charge in [-0.15, -0.1) is 0 Å². The molecule has 0 saturated carbocycles. The molecule has 0 radical (unpaired) electrons. The normalized spacial score (nSPS) is 20.3. The third-order valence-electron chi connectivity index (χ3n) is 6.39. The second-order valence-corrected chi connectivity index (χ2v) is 10.5. The fourth-order valence-electron chi connectivity index (χ4n) is 4.53. The minimum atomic E-state index is -3.62. The van der Waals surface area contributed by atoms with Crippen LogP contribution in [0.1, 0.15) is 23.5 Å². The van der Waals surface area contributed by atoms with Crippen molar-refractivity contribution in [1.29, 1.82) is 0 Å². The number of fused-ring (bicyclic) bond motifs is 1. The summed E-state index contributed by atoms with van der Waals surface area (Å²) < 4.78 is 58.1. The predicted molar refractivity (Wildman–Crippen MR) is 131 cm³/mol. The summed E-state index contributed by atoms with van der Waals surface area (Å²) in [6.07, 6.45) is 2.22. The number of nitrogens with zero attached hydrogens (tertiary/aromatic N) is 1. The zero-order chi connectivity index (χ0) is 24.3. The van der Waals surface area contributed by atoms with Crippen molar-refractivity contribution in [2.24, 2.45) is 5.92 Å². The van der Waals surface area contributed by atoms with Gasteiger partial charge in [-0.3, -0.25) is 0 Å². The molecule has 0 bridgehead atoms. The van der Waals surface area contributed by atoms with Crippen LogP contribution in [0.3, 0.4) is 0 Å². The second kappa shape index (κ2) is 10.1. The number of halogens is 1. The Kier molecular flexibility index (Phi) is 6.74. The Morgan fingerprint density at radius 2 is 1.77 bits per heavy atom. The van der Waals surface area contributed by atoms with Crippen molar-refractivity contribution in [3.63, 3.8) is 0 Å². The third kappa shape index (κ3) is 5.49. The Bertz CT molecular complexity index is 1290. The first-order valence-electron chi connectivity index (χ1n) is 11.5. The highest BCUT2D eigenvalue weighted by atomic mass is 32.2. The number of piperidine rings is 1. The van der Waals surface area contributed by atoms with Crippen molar-refractivity contribution in [2.45, 2.75) is 12.3 Å². The van der Waals surface area contributed by atoms with Gasteiger partial charge in [0.2, 0.25) is 16.8 Å². The molecule has 3 aromatic carbocycles. The largest absolute Gasteiger partial charge is 0.493 e. The van der Waals surface area contributed by atoms with Gasteiger partial charge >= 0.3 is 0 Å². The number of hydrogen-bond donors (Lipinski definition) is 0. The fourth-order valence-corrected chi connectivity index (χ4v) is 5.79. The first-order chi connectivity index (χ1) is 17.0. The molecular weight excluding hydrogens is 469 g/mol. The summed E-state index contributed by atoms with van der Waals surface area (Å²) in [7, 11) is -3.62. The van der Waals surface area contributed by atoms with Crippen molar-refractivity contribution in [3.05, 3.63) is 95.1 Å². The van der Waals surface area contributed by atoms with Crippen LogP contribution in [0.25, 0.3) is 6.08 Å². The van der Waals surface area contributed by atoms with Gasteiger partial charge in [0.05, 0.1) is 6.61 Å². The van der Waals surface area contributed by atoms with E-state index in [1.54, 1.807) is 36.4 Å². The van der Waals surface area contributed by atoms with Crippen LogP contribution in [0, 0.1) is 11.7 Å². The van der Waals surface area contributed by atoms with Crippen molar-refractivity contribution in [2.75, 3.05) is 26.5 Å². The monoisotopic (exact) mass is 495 g/mol. The number of ether oxygens (including phenoxy) is 3. The van der Waals surface area contributed by atoms with E-state index >= 15 is 0 Å². The third-order valence-corrected chi connectivity index (χ3v) is 7.93. The van der Waals surface area contributed by atoms with Gasteiger partial charge in [0.1, 0.15) is 11.6 Å². The van der Waals surface area contributed by atoms with Crippen molar-refractivity contribution < 1.29 is 27.0 Å². The molecule has 0 unspecified atom stereocenters. The van der Waals surface area contributed by atoms with Crippen molar-refractivity contribution in [3.8, 4) is 17.2 Å². The zero-order valence-corrected chi connectivity index (χ0v) is 19.9. The maximum atomic E-state index is 13.5. The summed E-state index contributed by atoms with van der Waals surface area (Å²) in [5.41, 5.74) is 1.79. The summed E-state index contributed by atoms with van der Waals surface area (Å²) in [4.78, 5) is 0. The number of benzene rings is 3. The van der Waals surface area contributed by atoms with Gasteiger partial charge < -0.3 is 14.2 Å². The molecular formula is C27H26FNO5S. The van der Waals surface area contributed by atoms with E-state index < -0.39 is 10.0 Å². The number of sulfonamides is 1. The summed E-state index contributed by atoms with van der Waals surface area (Å²) >= 11 is 0. The van der Waals surface area contributed by atoms with Crippen LogP contribution in [0.4, 0.5) is 4.39 Å². The molecule has 6 nitrogen and oxygen atoms in total. The molecule has 0 N–H and O–H groups in total. The van der Waals surface area contributed by atoms with Gasteiger partial charge in [0.25, 0.3) is 0 Å². The topological polar surface area (TPSA) is 65.1 Å². The molecule has 2 atom stereocenters. The van der Waals surface area contributed by atoms with Gasteiger partial charge in [0, 0.05) is 30.5 Å². The van der Waals surface area contributed by atoms with Gasteiger partial charge in [-0.05, 0) is 53.8 Å². The minimum Gasteiger partial charge on any atom is -0.493 e. The smallest absolute Gasteiger partial charge is 0.236 e. The quantitative estimate of drug-likeness (QED) is 0.460. The average Bonchev–Trinajstić information content (AvgIpc) is 3.35. The lowest BCUT2D eigenvalue weighted by Gasteiger charge is -2.37. The highest BCUT2D eigenvalue weighted by Crippen LogP contribution is 2.37. The molecule has 182 valence electrons. The highest BCUT2D eigenvalue weighted by Gasteiger charge is 2.35. The number of hydrogen-bond acceptors (Lipinski definition) is 5. The maximum absolute atomic E-state index is 13.5. The summed E-state index contributed by atoms with van der Waals surface area (Å²) in [5.74, 6) is 1.52. The van der Waals surface area contributed by atoms with Crippen molar-refractivity contribution >= 4 is 16.1 Å². The van der Waals surface area contributed by atoms with Crippen LogP contribution in [0.5, 0.6) is 17.2 Å². The average molecular weight is 496 g/mol. The number of rotatable bonds is 7. The van der Waals surface area contributed by atoms with Gasteiger partial charge in [-0.1, -0.05) is 42.5 Å². The summed E-state index contributed by atoms with van der Waals surface area (Å²) in [6, 6.07) is 21.1. The highest BCUT2D eigenvalue weighted by molar-refractivity contribution is 7.92. The molecule has 0 aromatic heterocycles. The molecule has 35 heavy (non-hydrogen) atoms. The minimum absolute atomic E-state index is 0.0363. The van der Waals surface area contributed by atoms with E-state index in [4.69, 9.17) is 14.2 Å². The molecule has 8 heteroatoms. The van der Waals surface area contributed by atoms with Gasteiger partial charge in [-0.25, -0.2) is 12.8 Å². The SMILES string of the molecule is O=S(=O)(/C=C/c1ccccc1)N1CC[C@@H](c2ccc(F)cc2)[C@H](COc2ccc3c(c2)OCO3)C1. The van der Waals surface area contributed by atoms with E-state index in [0.717, 1.165) is 11.1 Å². The standard InChI is InChI=1S/C27H26FNO5S/c28-23-8-6-21(7-9-23)25-12-14-29(35(30,31)15-13-20-4-2-1-3-5-20)17-22(25)18-32-24-10-11-26-27(16-24)34-19-33-26/h1-11,13,15-16,22,25H,12,14,17-19H2/b15-13+/t22-,25-/m0/s1. The Balaban J connectivity index is 1.34. The molecule has 0 amide bonds. The van der Waals surface area contributed by atoms with E-state index in [-0.39, 0.29) is 24.4 Å². The maximum Gasteiger partial charge on any atom is 0.236 e. The van der Waals surface area contributed by atoms with E-state index in [9.17, 15) is 12.8 Å². The zero-order valence-electron chi connectivity index (χ0n) is 19.0. The molecule has 5 rings (SSSR count). The van der Waals surface area contributed by atoms with E-state index in [1.165, 1.54) is 21.8 Å². The van der Waals surface area contributed by atoms with Crippen LogP contribution >= 0.6 is 0 Å². The molecule has 0 aliphatic carbocycles. The molecule has 2 aliphatic heterocycles. The first-order valence-corrected chi connectivity index (χ1v) is 13.0. The van der Waals surface area contributed by atoms with Crippen LogP contribution in [0.15, 0.2) is 78.2 Å². The lowest BCUT2D eigenvalue weighted by molar-refractivity contribution is 0.158. The molecule has 0 spiro atoms. The Labute approximate surface area is 204 Å². The van der Waals surface area contributed by atoms with E-state index in [1.807, 2.05) is 30.3 Å². The molecule has 1 saturated heterocycles. The van der Waals surface area contributed by atoms with E-state index in [2.05, 4.69) is 0 Å². The molecule has 2 aliphatic rings. The van der Waals surface area contributed by atoms with Crippen LogP contribution in [-0.4, -0.2) is 39.2 Å². The molecule has 2 heterocycles. The lowest BCUT2D eigenvalue weighted by atomic mass is 9.81. The van der Waals surface area contributed by atoms with E-state index in [0.29, 0.717) is 43.4 Å². The Morgan fingerprint density at radius 3 is 2.57 bits per heavy atom. The van der Waals surface area contributed by atoms with Gasteiger partial charge in [-0.2, -0.15) is 4.31 Å². The Hall–Kier alpha value is -3.36. The van der Waals surface area contributed by atoms with Gasteiger partial charge in [0.15, 0.2) is 11.5 Å². The van der Waals surface area contributed by atoms with Crippen LogP contribution in [0.2, 0.25) is 0 Å². The lowest BCUT2D eigenvalue weighted by Crippen LogP contribution is -2.44. The fraction of sp³-hybridized carbons (Fsp3) is 0.259. The summed E-state index contributed by atoms with van der Waals surface area (Å²) in [5, 5.41) is 1.26. The molecule has 3 aromatic rings. The van der Waals surface area contributed by atoms with Crippen LogP contribution in [-0.2, 0) is 10.0 Å². The second-order valence-electron chi connectivity index (χ2n) is 8.65. The summed E-state index contributed by atoms with van der Waals surface area (Å²) in [6.45, 7) is 1.16. The molecule has 1 fully saturated rings. The van der Waals surface area contributed by atoms with Crippen molar-refractivity contribution in [1.82, 2.24) is 4.31 Å². The first kappa shape index (κ1) is 23.4. The Morgan fingerprint density at radius 1 is 1.00 bits per heavy atom.